The van der Waals surface area contributed by atoms with E-state index in [1.54, 1.807) is 0 Å². The lowest BCUT2D eigenvalue weighted by Gasteiger charge is -2.19. The Kier molecular flexibility index (Phi) is 7.81. The highest BCUT2D eigenvalue weighted by molar-refractivity contribution is 5.25. The summed E-state index contributed by atoms with van der Waals surface area (Å²) in [5.41, 5.74) is 2.92. The van der Waals surface area contributed by atoms with E-state index in [9.17, 15) is 0 Å². The van der Waals surface area contributed by atoms with Gasteiger partial charge < -0.3 is 5.32 Å². The molecule has 0 aliphatic carbocycles. The van der Waals surface area contributed by atoms with Crippen molar-refractivity contribution in [3.8, 4) is 0 Å². The van der Waals surface area contributed by atoms with Crippen LogP contribution in [0.25, 0.3) is 0 Å². The van der Waals surface area contributed by atoms with E-state index in [1.165, 1.54) is 43.2 Å². The SMILES string of the molecule is CCCCc1ccc(C(CCC(C)C)NCC)cc1. The van der Waals surface area contributed by atoms with Crippen molar-refractivity contribution >= 4 is 0 Å². The molecule has 0 aromatic heterocycles. The van der Waals surface area contributed by atoms with Crippen molar-refractivity contribution in [1.82, 2.24) is 5.32 Å². The fourth-order valence-electron chi connectivity index (χ4n) is 2.43. The second kappa shape index (κ2) is 9.14. The highest BCUT2D eigenvalue weighted by Gasteiger charge is 2.10. The zero-order valence-electron chi connectivity index (χ0n) is 13.2. The number of benzene rings is 1. The number of unbranched alkanes of at least 4 members (excludes halogenated alkanes) is 1. The van der Waals surface area contributed by atoms with Crippen LogP contribution in [0.4, 0.5) is 0 Å². The van der Waals surface area contributed by atoms with Gasteiger partial charge in [0.15, 0.2) is 0 Å². The van der Waals surface area contributed by atoms with Crippen LogP contribution in [0, 0.1) is 5.92 Å². The van der Waals surface area contributed by atoms with E-state index in [0.717, 1.165) is 12.5 Å². The van der Waals surface area contributed by atoms with Crippen LogP contribution in [-0.2, 0) is 6.42 Å². The molecule has 0 aliphatic heterocycles. The molecular formula is C18H31N. The monoisotopic (exact) mass is 261 g/mol. The predicted octanol–water partition coefficient (Wildman–Crippen LogP) is 5.12. The van der Waals surface area contributed by atoms with Crippen LogP contribution in [-0.4, -0.2) is 6.54 Å². The maximum Gasteiger partial charge on any atom is 0.0320 e. The lowest BCUT2D eigenvalue weighted by atomic mass is 9.96. The second-order valence-corrected chi connectivity index (χ2v) is 5.93. The Morgan fingerprint density at radius 1 is 1.00 bits per heavy atom. The fourth-order valence-corrected chi connectivity index (χ4v) is 2.43. The predicted molar refractivity (Wildman–Crippen MR) is 85.5 cm³/mol. The van der Waals surface area contributed by atoms with E-state index in [0.29, 0.717) is 6.04 Å². The van der Waals surface area contributed by atoms with Crippen LogP contribution in [0.1, 0.15) is 70.5 Å². The summed E-state index contributed by atoms with van der Waals surface area (Å²) < 4.78 is 0. The Morgan fingerprint density at radius 2 is 1.68 bits per heavy atom. The van der Waals surface area contributed by atoms with E-state index in [1.807, 2.05) is 0 Å². The average Bonchev–Trinajstić information content (AvgIpc) is 2.41. The molecule has 108 valence electrons. The van der Waals surface area contributed by atoms with Gasteiger partial charge in [0, 0.05) is 6.04 Å². The highest BCUT2D eigenvalue weighted by Crippen LogP contribution is 2.21. The Hall–Kier alpha value is -0.820. The number of hydrogen-bond acceptors (Lipinski definition) is 1. The number of aryl methyl sites for hydroxylation is 1. The van der Waals surface area contributed by atoms with Crippen molar-refractivity contribution in [2.75, 3.05) is 6.54 Å². The van der Waals surface area contributed by atoms with E-state index >= 15 is 0 Å². The molecule has 1 aromatic rings. The summed E-state index contributed by atoms with van der Waals surface area (Å²) in [7, 11) is 0. The third-order valence-corrected chi connectivity index (χ3v) is 3.68. The van der Waals surface area contributed by atoms with Crippen molar-refractivity contribution < 1.29 is 0 Å². The van der Waals surface area contributed by atoms with Crippen LogP contribution in [0.15, 0.2) is 24.3 Å². The largest absolute Gasteiger partial charge is 0.310 e. The molecular weight excluding hydrogens is 230 g/mol. The lowest BCUT2D eigenvalue weighted by Crippen LogP contribution is -2.21. The summed E-state index contributed by atoms with van der Waals surface area (Å²) in [4.78, 5) is 0. The van der Waals surface area contributed by atoms with Gasteiger partial charge >= 0.3 is 0 Å². The summed E-state index contributed by atoms with van der Waals surface area (Å²) in [5, 5.41) is 3.62. The first-order valence-corrected chi connectivity index (χ1v) is 7.99. The molecule has 19 heavy (non-hydrogen) atoms. The molecule has 0 radical (unpaired) electrons. The normalized spacial score (nSPS) is 12.9. The van der Waals surface area contributed by atoms with Crippen LogP contribution in [0.3, 0.4) is 0 Å². The van der Waals surface area contributed by atoms with Gasteiger partial charge in [-0.05, 0) is 49.3 Å². The minimum atomic E-state index is 0.521. The summed E-state index contributed by atoms with van der Waals surface area (Å²) in [6.07, 6.45) is 6.31. The number of rotatable bonds is 9. The van der Waals surface area contributed by atoms with E-state index < -0.39 is 0 Å². The maximum absolute atomic E-state index is 3.62. The molecule has 0 amide bonds. The maximum atomic E-state index is 3.62. The number of hydrogen-bond donors (Lipinski definition) is 1. The fraction of sp³-hybridized carbons (Fsp3) is 0.667. The third-order valence-electron chi connectivity index (χ3n) is 3.68. The molecule has 1 aromatic carbocycles. The standard InChI is InChI=1S/C18H31N/c1-5-7-8-16-10-12-17(13-11-16)18(19-6-2)14-9-15(3)4/h10-13,15,18-19H,5-9,14H2,1-4H3. The Balaban J connectivity index is 2.62. The van der Waals surface area contributed by atoms with Crippen molar-refractivity contribution in [3.63, 3.8) is 0 Å². The smallest absolute Gasteiger partial charge is 0.0320 e. The molecule has 0 saturated heterocycles. The second-order valence-electron chi connectivity index (χ2n) is 5.93. The first kappa shape index (κ1) is 16.2. The van der Waals surface area contributed by atoms with Gasteiger partial charge in [0.25, 0.3) is 0 Å². The van der Waals surface area contributed by atoms with Gasteiger partial charge in [-0.2, -0.15) is 0 Å². The lowest BCUT2D eigenvalue weighted by molar-refractivity contribution is 0.448. The third kappa shape index (κ3) is 6.24. The molecule has 1 atom stereocenters. The quantitative estimate of drug-likeness (QED) is 0.651. The molecule has 0 heterocycles. The highest BCUT2D eigenvalue weighted by atomic mass is 14.9. The first-order valence-electron chi connectivity index (χ1n) is 7.99. The van der Waals surface area contributed by atoms with Gasteiger partial charge in [0.2, 0.25) is 0 Å². The zero-order valence-corrected chi connectivity index (χ0v) is 13.2. The minimum absolute atomic E-state index is 0.521. The van der Waals surface area contributed by atoms with Gasteiger partial charge in [-0.15, -0.1) is 0 Å². The molecule has 0 spiro atoms. The van der Waals surface area contributed by atoms with Crippen LogP contribution in [0.2, 0.25) is 0 Å². The molecule has 1 nitrogen and oxygen atoms in total. The van der Waals surface area contributed by atoms with Crippen molar-refractivity contribution in [3.05, 3.63) is 35.4 Å². The zero-order chi connectivity index (χ0) is 14.1. The van der Waals surface area contributed by atoms with E-state index in [4.69, 9.17) is 0 Å². The molecule has 0 aliphatic rings. The van der Waals surface area contributed by atoms with Crippen LogP contribution < -0.4 is 5.32 Å². The van der Waals surface area contributed by atoms with Crippen molar-refractivity contribution in [1.29, 1.82) is 0 Å². The molecule has 0 bridgehead atoms. The van der Waals surface area contributed by atoms with Gasteiger partial charge in [-0.3, -0.25) is 0 Å². The molecule has 0 saturated carbocycles. The summed E-state index contributed by atoms with van der Waals surface area (Å²) in [6.45, 7) is 10.1. The van der Waals surface area contributed by atoms with E-state index in [-0.39, 0.29) is 0 Å². The van der Waals surface area contributed by atoms with Crippen molar-refractivity contribution in [2.24, 2.45) is 5.92 Å². The molecule has 1 heteroatoms. The van der Waals surface area contributed by atoms with Gasteiger partial charge in [0.1, 0.15) is 0 Å². The molecule has 1 unspecified atom stereocenters. The average molecular weight is 261 g/mol. The van der Waals surface area contributed by atoms with Gasteiger partial charge in [0.05, 0.1) is 0 Å². The first-order chi connectivity index (χ1) is 9.17. The van der Waals surface area contributed by atoms with Crippen molar-refractivity contribution in [2.45, 2.75) is 65.8 Å². The van der Waals surface area contributed by atoms with Crippen LogP contribution >= 0.6 is 0 Å². The minimum Gasteiger partial charge on any atom is -0.310 e. The topological polar surface area (TPSA) is 12.0 Å². The van der Waals surface area contributed by atoms with Crippen LogP contribution in [0.5, 0.6) is 0 Å². The summed E-state index contributed by atoms with van der Waals surface area (Å²) >= 11 is 0. The molecule has 1 rings (SSSR count). The van der Waals surface area contributed by atoms with Gasteiger partial charge in [-0.1, -0.05) is 58.4 Å². The Bertz CT molecular complexity index is 326. The molecule has 0 fully saturated rings. The van der Waals surface area contributed by atoms with Gasteiger partial charge in [-0.25, -0.2) is 0 Å². The van der Waals surface area contributed by atoms with E-state index in [2.05, 4.69) is 57.3 Å². The molecule has 1 N–H and O–H groups in total. The number of nitrogens with one attached hydrogen (secondary N) is 1. The summed E-state index contributed by atoms with van der Waals surface area (Å²) in [6, 6.07) is 9.78. The Morgan fingerprint density at radius 3 is 2.21 bits per heavy atom. The Labute approximate surface area is 119 Å². The summed E-state index contributed by atoms with van der Waals surface area (Å²) in [5.74, 6) is 0.782.